The predicted octanol–water partition coefficient (Wildman–Crippen LogP) is 5.56. The molecule has 2 aliphatic rings. The fraction of sp³-hybridized carbons (Fsp3) is 0.656. The third kappa shape index (κ3) is 12.5. The maximum atomic E-state index is 9.00. The van der Waals surface area contributed by atoms with Crippen LogP contribution < -0.4 is 24.0 Å². The lowest BCUT2D eigenvalue weighted by Gasteiger charge is -2.38. The van der Waals surface area contributed by atoms with Gasteiger partial charge in [0.05, 0.1) is 42.5 Å². The Labute approximate surface area is 267 Å². The Morgan fingerprint density at radius 2 is 1.77 bits per heavy atom. The maximum absolute atomic E-state index is 9.00. The van der Waals surface area contributed by atoms with Crippen molar-refractivity contribution in [1.29, 1.82) is 0 Å². The van der Waals surface area contributed by atoms with Crippen LogP contribution in [0.1, 0.15) is 59.8 Å². The average molecular weight is 639 g/mol. The minimum Gasteiger partial charge on any atom is -0.488 e. The number of anilines is 2. The van der Waals surface area contributed by atoms with Crippen molar-refractivity contribution in [2.45, 2.75) is 65.9 Å². The molecule has 2 aliphatic heterocycles. The number of methoxy groups -OCH3 is 2. The Hall–Kier alpha value is -3.02. The van der Waals surface area contributed by atoms with E-state index in [-0.39, 0.29) is 18.6 Å². The van der Waals surface area contributed by atoms with Crippen molar-refractivity contribution >= 4 is 28.9 Å². The number of nitrogens with zero attached hydrogens (tertiary/aromatic N) is 4. The summed E-state index contributed by atoms with van der Waals surface area (Å²) in [6, 6.07) is 4.01. The fourth-order valence-corrected chi connectivity index (χ4v) is 5.14. The molecule has 248 valence electrons. The molecule has 0 radical (unpaired) electrons. The van der Waals surface area contributed by atoms with Gasteiger partial charge < -0.3 is 39.0 Å². The Bertz CT molecular complexity index is 1120. The zero-order valence-electron chi connectivity index (χ0n) is 27.1. The second-order valence-corrected chi connectivity index (χ2v) is 11.6. The van der Waals surface area contributed by atoms with E-state index in [1.165, 1.54) is 6.42 Å². The van der Waals surface area contributed by atoms with Crippen LogP contribution >= 0.6 is 11.6 Å². The number of piperidine rings is 1. The van der Waals surface area contributed by atoms with E-state index in [2.05, 4.69) is 46.4 Å². The van der Waals surface area contributed by atoms with E-state index in [1.807, 2.05) is 12.3 Å². The topological polar surface area (TPSA) is 127 Å². The molecule has 0 aliphatic carbocycles. The molecular weight excluding hydrogens is 588 g/mol. The first-order chi connectivity index (χ1) is 21.1. The molecule has 44 heavy (non-hydrogen) atoms. The normalized spacial score (nSPS) is 19.3. The smallest absolute Gasteiger partial charge is 0.300 e. The Morgan fingerprint density at radius 1 is 1.05 bits per heavy atom. The molecule has 0 amide bonds. The molecule has 11 nitrogen and oxygen atoms in total. The summed E-state index contributed by atoms with van der Waals surface area (Å²) in [7, 11) is 3.24. The van der Waals surface area contributed by atoms with E-state index in [0.717, 1.165) is 75.9 Å². The zero-order valence-corrected chi connectivity index (χ0v) is 27.9. The van der Waals surface area contributed by atoms with Gasteiger partial charge in [-0.05, 0) is 25.2 Å². The first kappa shape index (κ1) is 37.2. The summed E-state index contributed by atoms with van der Waals surface area (Å²) in [5.41, 5.74) is 2.07. The molecule has 2 aromatic rings. The van der Waals surface area contributed by atoms with Crippen LogP contribution in [0.25, 0.3) is 0 Å². The summed E-state index contributed by atoms with van der Waals surface area (Å²) < 4.78 is 22.5. The lowest BCUT2D eigenvalue weighted by atomic mass is 9.96. The van der Waals surface area contributed by atoms with E-state index in [4.69, 9.17) is 45.8 Å². The summed E-state index contributed by atoms with van der Waals surface area (Å²) in [6.45, 7) is 13.1. The third-order valence-electron chi connectivity index (χ3n) is 7.30. The van der Waals surface area contributed by atoms with E-state index in [0.29, 0.717) is 35.9 Å². The Morgan fingerprint density at radius 3 is 2.34 bits per heavy atom. The molecule has 4 rings (SSSR count). The predicted molar refractivity (Wildman–Crippen MR) is 174 cm³/mol. The van der Waals surface area contributed by atoms with Crippen molar-refractivity contribution in [2.24, 2.45) is 11.8 Å². The van der Waals surface area contributed by atoms with Gasteiger partial charge in [-0.25, -0.2) is 9.97 Å². The molecule has 2 saturated heterocycles. The standard InChI is InChI=1S/C26H37ClN4O3.C4H10O2.C2H4O2/c1-5-6-11-33-24-12-20(30-9-7-18(2)16-30)14-29-26(24)34-23-8-10-31(17-19(23)3)22-13-25(32-4)28-15-21(22)27;1-6-4-2-3-5;1-2(3)4/h12-15,18-19,23H,5-11,16-17H2,1-4H3;5H,2-4H2,1H3;1H3,(H,3,4). The maximum Gasteiger partial charge on any atom is 0.300 e. The summed E-state index contributed by atoms with van der Waals surface area (Å²) in [4.78, 5) is 22.6. The van der Waals surface area contributed by atoms with Gasteiger partial charge >= 0.3 is 0 Å². The van der Waals surface area contributed by atoms with Gasteiger partial charge in [0.1, 0.15) is 6.10 Å². The highest BCUT2D eigenvalue weighted by Crippen LogP contribution is 2.36. The molecule has 3 atom stereocenters. The van der Waals surface area contributed by atoms with E-state index in [9.17, 15) is 0 Å². The highest BCUT2D eigenvalue weighted by molar-refractivity contribution is 6.33. The minimum absolute atomic E-state index is 0.0532. The monoisotopic (exact) mass is 638 g/mol. The second kappa shape index (κ2) is 20.1. The van der Waals surface area contributed by atoms with Gasteiger partial charge in [0.15, 0.2) is 5.75 Å². The number of carboxylic acids is 1. The van der Waals surface area contributed by atoms with Crippen LogP contribution in [0.5, 0.6) is 17.5 Å². The van der Waals surface area contributed by atoms with Crippen molar-refractivity contribution in [2.75, 3.05) is 70.0 Å². The van der Waals surface area contributed by atoms with Gasteiger partial charge in [-0.1, -0.05) is 38.8 Å². The minimum atomic E-state index is -0.833. The van der Waals surface area contributed by atoms with Crippen LogP contribution in [0.15, 0.2) is 24.5 Å². The van der Waals surface area contributed by atoms with Gasteiger partial charge in [0.2, 0.25) is 5.88 Å². The van der Waals surface area contributed by atoms with Crippen molar-refractivity contribution in [3.63, 3.8) is 0 Å². The van der Waals surface area contributed by atoms with Gasteiger partial charge in [-0.15, -0.1) is 0 Å². The van der Waals surface area contributed by atoms with Crippen LogP contribution in [0.4, 0.5) is 11.4 Å². The number of carboxylic acid groups (broad SMARTS) is 1. The fourth-order valence-electron chi connectivity index (χ4n) is 4.92. The summed E-state index contributed by atoms with van der Waals surface area (Å²) >= 11 is 6.44. The zero-order chi connectivity index (χ0) is 32.5. The number of halogens is 1. The molecule has 2 N–H and O–H groups in total. The number of aliphatic hydroxyl groups is 1. The number of rotatable bonds is 12. The van der Waals surface area contributed by atoms with Gasteiger partial charge in [0.25, 0.3) is 11.8 Å². The molecule has 0 aromatic carbocycles. The molecule has 2 fully saturated rings. The van der Waals surface area contributed by atoms with E-state index >= 15 is 0 Å². The SMILES string of the molecule is CC(=O)O.CCCCOc1cc(N2CCC(C)C2)cnc1OC1CCN(c2cc(OC)ncc2Cl)CC1C.COCCCO. The lowest BCUT2D eigenvalue weighted by Crippen LogP contribution is -2.44. The van der Waals surface area contributed by atoms with Crippen LogP contribution in [-0.2, 0) is 9.53 Å². The van der Waals surface area contributed by atoms with Crippen molar-refractivity contribution in [3.05, 3.63) is 29.5 Å². The van der Waals surface area contributed by atoms with Crippen LogP contribution in [-0.4, -0.2) is 92.5 Å². The number of pyridine rings is 2. The Balaban J connectivity index is 0.000000586. The molecule has 3 unspecified atom stereocenters. The molecule has 0 bridgehead atoms. The van der Waals surface area contributed by atoms with Crippen LogP contribution in [0.2, 0.25) is 5.02 Å². The number of aliphatic carboxylic acids is 1. The number of ether oxygens (including phenoxy) is 4. The lowest BCUT2D eigenvalue weighted by molar-refractivity contribution is -0.134. The average Bonchev–Trinajstić information content (AvgIpc) is 3.44. The van der Waals surface area contributed by atoms with Crippen LogP contribution in [0, 0.1) is 11.8 Å². The first-order valence-electron chi connectivity index (χ1n) is 15.4. The molecular formula is C32H51ClN4O7. The molecule has 12 heteroatoms. The number of aliphatic hydroxyl groups excluding tert-OH is 1. The van der Waals surface area contributed by atoms with Gasteiger partial charge in [-0.2, -0.15) is 0 Å². The van der Waals surface area contributed by atoms with Crippen molar-refractivity contribution < 1.29 is 34.0 Å². The van der Waals surface area contributed by atoms with Crippen LogP contribution in [0.3, 0.4) is 0 Å². The number of unbranched alkanes of at least 4 members (excludes halogenated alkanes) is 1. The summed E-state index contributed by atoms with van der Waals surface area (Å²) in [5, 5.41) is 16.2. The van der Waals surface area contributed by atoms with Gasteiger partial charge in [0, 0.05) is 77.9 Å². The quantitative estimate of drug-likeness (QED) is 0.284. The molecule has 0 saturated carbocycles. The number of carbonyl (C=O) groups is 1. The second-order valence-electron chi connectivity index (χ2n) is 11.2. The largest absolute Gasteiger partial charge is 0.488 e. The first-order valence-corrected chi connectivity index (χ1v) is 15.8. The number of aromatic nitrogens is 2. The molecule has 2 aromatic heterocycles. The summed E-state index contributed by atoms with van der Waals surface area (Å²) in [6.07, 6.45) is 8.56. The molecule has 0 spiro atoms. The highest BCUT2D eigenvalue weighted by atomic mass is 35.5. The van der Waals surface area contributed by atoms with Crippen molar-refractivity contribution in [1.82, 2.24) is 9.97 Å². The van der Waals surface area contributed by atoms with Gasteiger partial charge in [-0.3, -0.25) is 4.79 Å². The number of hydrogen-bond acceptors (Lipinski definition) is 10. The Kier molecular flexibility index (Phi) is 17.0. The van der Waals surface area contributed by atoms with E-state index < -0.39 is 5.97 Å². The van der Waals surface area contributed by atoms with Crippen molar-refractivity contribution in [3.8, 4) is 17.5 Å². The summed E-state index contributed by atoms with van der Waals surface area (Å²) in [5.74, 6) is 2.08. The highest BCUT2D eigenvalue weighted by Gasteiger charge is 2.30. The third-order valence-corrected chi connectivity index (χ3v) is 7.60. The molecule has 4 heterocycles. The number of hydrogen-bond donors (Lipinski definition) is 2. The van der Waals surface area contributed by atoms with E-state index in [1.54, 1.807) is 20.4 Å².